The first-order valence-corrected chi connectivity index (χ1v) is 10.5. The molecule has 0 aliphatic carbocycles. The number of esters is 2. The molecule has 0 aliphatic rings. The molecule has 1 aromatic carbocycles. The van der Waals surface area contributed by atoms with Gasteiger partial charge in [-0.2, -0.15) is 0 Å². The summed E-state index contributed by atoms with van der Waals surface area (Å²) < 4.78 is 10.6. The van der Waals surface area contributed by atoms with E-state index >= 15 is 0 Å². The molecule has 0 atom stereocenters. The van der Waals surface area contributed by atoms with E-state index in [0.717, 1.165) is 22.5 Å². The van der Waals surface area contributed by atoms with E-state index in [1.54, 1.807) is 40.7 Å². The van der Waals surface area contributed by atoms with Gasteiger partial charge in [-0.1, -0.05) is 29.8 Å². The fourth-order valence-corrected chi connectivity index (χ4v) is 3.67. The van der Waals surface area contributed by atoms with Crippen molar-refractivity contribution >= 4 is 40.3 Å². The zero-order valence-corrected chi connectivity index (χ0v) is 18.9. The largest absolute Gasteiger partial charge is 0.459 e. The second kappa shape index (κ2) is 10.2. The summed E-state index contributed by atoms with van der Waals surface area (Å²) in [4.78, 5) is 37.8. The Morgan fingerprint density at radius 1 is 0.933 bits per heavy atom. The molecule has 0 aliphatic heterocycles. The normalized spacial score (nSPS) is 11.2. The van der Waals surface area contributed by atoms with Crippen LogP contribution in [0.2, 0.25) is 0 Å². The minimum absolute atomic E-state index is 0.168. The van der Waals surface area contributed by atoms with E-state index in [2.05, 4.69) is 5.32 Å². The topological polar surface area (TPSA) is 81.7 Å². The number of ether oxygens (including phenoxy) is 2. The third kappa shape index (κ3) is 6.29. The minimum Gasteiger partial charge on any atom is -0.459 e. The highest BCUT2D eigenvalue weighted by atomic mass is 32.1. The zero-order chi connectivity index (χ0) is 22.4. The second-order valence-corrected chi connectivity index (χ2v) is 8.42. The van der Waals surface area contributed by atoms with Crippen molar-refractivity contribution in [1.29, 1.82) is 0 Å². The summed E-state index contributed by atoms with van der Waals surface area (Å²) in [7, 11) is 0. The van der Waals surface area contributed by atoms with Crippen LogP contribution in [0.15, 0.2) is 30.3 Å². The number of benzene rings is 1. The van der Waals surface area contributed by atoms with Crippen molar-refractivity contribution in [3.05, 3.63) is 57.5 Å². The second-order valence-electron chi connectivity index (χ2n) is 7.40. The predicted molar refractivity (Wildman–Crippen MR) is 119 cm³/mol. The van der Waals surface area contributed by atoms with Crippen molar-refractivity contribution in [2.24, 2.45) is 0 Å². The summed E-state index contributed by atoms with van der Waals surface area (Å²) in [5.74, 6) is -1.55. The summed E-state index contributed by atoms with van der Waals surface area (Å²) in [5, 5.41) is 2.96. The molecule has 7 heteroatoms. The number of amides is 1. The van der Waals surface area contributed by atoms with Crippen LogP contribution in [0, 0.1) is 13.8 Å². The molecule has 1 amide bonds. The van der Waals surface area contributed by atoms with Gasteiger partial charge in [-0.3, -0.25) is 4.79 Å². The Morgan fingerprint density at radius 3 is 2.07 bits per heavy atom. The number of carbonyl (C=O) groups excluding carboxylic acids is 3. The Balaban J connectivity index is 2.31. The summed E-state index contributed by atoms with van der Waals surface area (Å²) in [6.07, 6.45) is 2.41. The van der Waals surface area contributed by atoms with Gasteiger partial charge >= 0.3 is 11.9 Å². The third-order valence-electron chi connectivity index (χ3n) is 3.96. The smallest absolute Gasteiger partial charge is 0.348 e. The molecule has 160 valence electrons. The Kier molecular flexibility index (Phi) is 7.94. The molecule has 1 heterocycles. The lowest BCUT2D eigenvalue weighted by Crippen LogP contribution is -2.16. The number of anilines is 1. The standard InChI is InChI=1S/C23H27NO5S/c1-13(2)28-22(26)19-16(6)20(23(27)29-14(3)4)30-21(19)24-18(25)12-11-17-9-7-15(5)8-10-17/h7-14H,1-6H3,(H,24,25)/b12-11+. The lowest BCUT2D eigenvalue weighted by Gasteiger charge is -2.10. The average molecular weight is 430 g/mol. The van der Waals surface area contributed by atoms with E-state index in [1.165, 1.54) is 6.08 Å². The molecular formula is C23H27NO5S. The number of rotatable bonds is 7. The minimum atomic E-state index is -0.597. The average Bonchev–Trinajstić information content (AvgIpc) is 2.96. The maximum Gasteiger partial charge on any atom is 0.348 e. The van der Waals surface area contributed by atoms with Crippen LogP contribution in [0.25, 0.3) is 6.08 Å². The molecule has 0 fully saturated rings. The Hall–Kier alpha value is -2.93. The number of thiophene rings is 1. The van der Waals surface area contributed by atoms with E-state index < -0.39 is 17.8 Å². The fraction of sp³-hybridized carbons (Fsp3) is 0.348. The molecule has 6 nitrogen and oxygen atoms in total. The summed E-state index contributed by atoms with van der Waals surface area (Å²) in [6.45, 7) is 10.6. The Morgan fingerprint density at radius 2 is 1.50 bits per heavy atom. The number of hydrogen-bond donors (Lipinski definition) is 1. The highest BCUT2D eigenvalue weighted by molar-refractivity contribution is 7.18. The van der Waals surface area contributed by atoms with Gasteiger partial charge in [-0.25, -0.2) is 9.59 Å². The van der Waals surface area contributed by atoms with Gasteiger partial charge in [0.1, 0.15) is 9.88 Å². The number of aryl methyl sites for hydroxylation is 1. The third-order valence-corrected chi connectivity index (χ3v) is 5.15. The van der Waals surface area contributed by atoms with E-state index in [4.69, 9.17) is 9.47 Å². The molecule has 30 heavy (non-hydrogen) atoms. The van der Waals surface area contributed by atoms with Crippen molar-refractivity contribution in [3.8, 4) is 0 Å². The summed E-state index contributed by atoms with van der Waals surface area (Å²) >= 11 is 1.00. The van der Waals surface area contributed by atoms with E-state index in [-0.39, 0.29) is 27.6 Å². The predicted octanol–water partition coefficient (Wildman–Crippen LogP) is 5.15. The van der Waals surface area contributed by atoms with Gasteiger partial charge in [0.2, 0.25) is 5.91 Å². The van der Waals surface area contributed by atoms with Gasteiger partial charge < -0.3 is 14.8 Å². The molecule has 0 saturated heterocycles. The molecule has 0 bridgehead atoms. The number of hydrogen-bond acceptors (Lipinski definition) is 6. The van der Waals surface area contributed by atoms with Crippen LogP contribution in [-0.4, -0.2) is 30.1 Å². The van der Waals surface area contributed by atoms with Crippen LogP contribution in [0.1, 0.15) is 64.4 Å². The van der Waals surface area contributed by atoms with Gasteiger partial charge in [0.25, 0.3) is 0 Å². The van der Waals surface area contributed by atoms with E-state index in [1.807, 2.05) is 31.2 Å². The van der Waals surface area contributed by atoms with Gasteiger partial charge in [-0.05, 0) is 58.7 Å². The van der Waals surface area contributed by atoms with Crippen LogP contribution in [0.5, 0.6) is 0 Å². The Labute approximate surface area is 180 Å². The van der Waals surface area contributed by atoms with E-state index in [9.17, 15) is 14.4 Å². The summed E-state index contributed by atoms with van der Waals surface area (Å²) in [6, 6.07) is 7.71. The van der Waals surface area contributed by atoms with Crippen LogP contribution >= 0.6 is 11.3 Å². The lowest BCUT2D eigenvalue weighted by molar-refractivity contribution is -0.111. The van der Waals surface area contributed by atoms with Crippen molar-refractivity contribution in [1.82, 2.24) is 0 Å². The highest BCUT2D eigenvalue weighted by Crippen LogP contribution is 2.34. The van der Waals surface area contributed by atoms with Crippen molar-refractivity contribution in [3.63, 3.8) is 0 Å². The molecule has 1 aromatic heterocycles. The molecule has 0 radical (unpaired) electrons. The van der Waals surface area contributed by atoms with Crippen LogP contribution in [0.4, 0.5) is 5.00 Å². The molecule has 1 N–H and O–H groups in total. The molecular weight excluding hydrogens is 402 g/mol. The summed E-state index contributed by atoms with van der Waals surface area (Å²) in [5.41, 5.74) is 2.59. The highest BCUT2D eigenvalue weighted by Gasteiger charge is 2.28. The fourth-order valence-electron chi connectivity index (χ4n) is 2.59. The first kappa shape index (κ1) is 23.3. The maximum atomic E-state index is 12.6. The maximum absolute atomic E-state index is 12.6. The van der Waals surface area contributed by atoms with Gasteiger partial charge in [0, 0.05) is 6.08 Å². The van der Waals surface area contributed by atoms with Gasteiger partial charge in [0.15, 0.2) is 0 Å². The zero-order valence-electron chi connectivity index (χ0n) is 18.1. The monoisotopic (exact) mass is 429 g/mol. The van der Waals surface area contributed by atoms with Crippen molar-refractivity contribution < 1.29 is 23.9 Å². The van der Waals surface area contributed by atoms with Crippen molar-refractivity contribution in [2.45, 2.75) is 53.8 Å². The van der Waals surface area contributed by atoms with Gasteiger partial charge in [-0.15, -0.1) is 11.3 Å². The van der Waals surface area contributed by atoms with Gasteiger partial charge in [0.05, 0.1) is 17.8 Å². The molecule has 0 spiro atoms. The first-order chi connectivity index (χ1) is 14.1. The molecule has 0 saturated carbocycles. The Bertz CT molecular complexity index is 955. The molecule has 0 unspecified atom stereocenters. The van der Waals surface area contributed by atoms with Crippen molar-refractivity contribution in [2.75, 3.05) is 5.32 Å². The SMILES string of the molecule is Cc1ccc(/C=C/C(=O)Nc2sc(C(=O)OC(C)C)c(C)c2C(=O)OC(C)C)cc1. The molecule has 2 rings (SSSR count). The number of nitrogens with one attached hydrogen (secondary N) is 1. The molecule has 2 aromatic rings. The van der Waals surface area contributed by atoms with Crippen LogP contribution < -0.4 is 5.32 Å². The first-order valence-electron chi connectivity index (χ1n) is 9.69. The quantitative estimate of drug-likeness (QED) is 0.486. The lowest BCUT2D eigenvalue weighted by atomic mass is 10.1. The van der Waals surface area contributed by atoms with Crippen LogP contribution in [0.3, 0.4) is 0 Å². The van der Waals surface area contributed by atoms with E-state index in [0.29, 0.717) is 5.56 Å². The number of carbonyl (C=O) groups is 3. The van der Waals surface area contributed by atoms with Crippen LogP contribution in [-0.2, 0) is 14.3 Å².